The number of hydrogen-bond donors (Lipinski definition) is 0. The molecule has 2 rings (SSSR count). The fourth-order valence-corrected chi connectivity index (χ4v) is 1.69. The van der Waals surface area contributed by atoms with E-state index in [4.69, 9.17) is 0 Å². The molecule has 2 aromatic rings. The van der Waals surface area contributed by atoms with E-state index in [9.17, 15) is 10.1 Å². The summed E-state index contributed by atoms with van der Waals surface area (Å²) in [5.74, 6) is 5.96. The number of nitrogens with zero attached hydrogens (tertiary/aromatic N) is 2. The minimum Gasteiger partial charge on any atom is -0.280 e. The van der Waals surface area contributed by atoms with Gasteiger partial charge in [-0.1, -0.05) is 41.7 Å². The van der Waals surface area contributed by atoms with Gasteiger partial charge in [-0.15, -0.1) is 0 Å². The van der Waals surface area contributed by atoms with Gasteiger partial charge >= 0.3 is 0 Å². The van der Waals surface area contributed by atoms with Gasteiger partial charge in [0.2, 0.25) is 0 Å². The molecular formula is C17H14N2O2. The SMILES string of the molecule is Cc1ccc(C#CCN=Cc2cccc([N+](=O)[O-])c2)cc1. The van der Waals surface area contributed by atoms with E-state index in [0.29, 0.717) is 12.1 Å². The Morgan fingerprint density at radius 2 is 2.00 bits per heavy atom. The number of non-ortho nitro benzene ring substituents is 1. The van der Waals surface area contributed by atoms with Gasteiger partial charge in [0.1, 0.15) is 6.54 Å². The van der Waals surface area contributed by atoms with Crippen molar-refractivity contribution in [3.63, 3.8) is 0 Å². The van der Waals surface area contributed by atoms with Crippen LogP contribution in [-0.4, -0.2) is 17.7 Å². The third kappa shape index (κ3) is 4.59. The Hall–Kier alpha value is -2.93. The van der Waals surface area contributed by atoms with Gasteiger partial charge in [0.05, 0.1) is 4.92 Å². The van der Waals surface area contributed by atoms with Crippen molar-refractivity contribution in [3.05, 3.63) is 75.3 Å². The van der Waals surface area contributed by atoms with Crippen LogP contribution in [0.25, 0.3) is 0 Å². The smallest absolute Gasteiger partial charge is 0.270 e. The van der Waals surface area contributed by atoms with Crippen molar-refractivity contribution in [2.45, 2.75) is 6.92 Å². The standard InChI is InChI=1S/C17H14N2O2/c1-14-7-9-15(10-8-14)5-3-11-18-13-16-4-2-6-17(12-16)19(20)21/h2,4,6-10,12-13H,11H2,1H3. The quantitative estimate of drug-likeness (QED) is 0.374. The second kappa shape index (κ2) is 7.01. The summed E-state index contributed by atoms with van der Waals surface area (Å²) in [7, 11) is 0. The van der Waals surface area contributed by atoms with E-state index in [1.807, 2.05) is 31.2 Å². The Morgan fingerprint density at radius 3 is 2.71 bits per heavy atom. The molecule has 0 atom stereocenters. The number of hydrogen-bond acceptors (Lipinski definition) is 3. The number of aliphatic imine (C=N–C) groups is 1. The minimum atomic E-state index is -0.422. The normalized spacial score (nSPS) is 10.1. The number of nitro groups is 1. The third-order valence-corrected chi connectivity index (χ3v) is 2.78. The predicted molar refractivity (Wildman–Crippen MR) is 83.6 cm³/mol. The van der Waals surface area contributed by atoms with Gasteiger partial charge in [0.25, 0.3) is 5.69 Å². The monoisotopic (exact) mass is 278 g/mol. The first-order chi connectivity index (χ1) is 10.1. The van der Waals surface area contributed by atoms with Gasteiger partial charge in [-0.2, -0.15) is 0 Å². The first-order valence-electron chi connectivity index (χ1n) is 6.45. The molecule has 0 amide bonds. The Labute approximate surface area is 123 Å². The second-order valence-electron chi connectivity index (χ2n) is 4.49. The number of aryl methyl sites for hydroxylation is 1. The van der Waals surface area contributed by atoms with Gasteiger partial charge < -0.3 is 0 Å². The zero-order valence-electron chi connectivity index (χ0n) is 11.6. The highest BCUT2D eigenvalue weighted by molar-refractivity contribution is 5.80. The van der Waals surface area contributed by atoms with Crippen LogP contribution in [0.1, 0.15) is 16.7 Å². The van der Waals surface area contributed by atoms with Crippen molar-refractivity contribution in [3.8, 4) is 11.8 Å². The molecule has 0 saturated carbocycles. The van der Waals surface area contributed by atoms with E-state index in [-0.39, 0.29) is 5.69 Å². The molecule has 0 aromatic heterocycles. The maximum atomic E-state index is 10.6. The Kier molecular flexibility index (Phi) is 4.84. The number of rotatable bonds is 3. The zero-order valence-corrected chi connectivity index (χ0v) is 11.6. The molecule has 0 aliphatic heterocycles. The Bertz CT molecular complexity index is 722. The van der Waals surface area contributed by atoms with Gasteiger partial charge in [-0.3, -0.25) is 15.1 Å². The largest absolute Gasteiger partial charge is 0.280 e. The molecule has 0 aliphatic rings. The van der Waals surface area contributed by atoms with E-state index < -0.39 is 4.92 Å². The van der Waals surface area contributed by atoms with Crippen LogP contribution >= 0.6 is 0 Å². The van der Waals surface area contributed by atoms with Crippen LogP contribution in [0.5, 0.6) is 0 Å². The van der Waals surface area contributed by atoms with Crippen molar-refractivity contribution in [1.29, 1.82) is 0 Å². The van der Waals surface area contributed by atoms with Crippen molar-refractivity contribution < 1.29 is 4.92 Å². The molecule has 0 unspecified atom stereocenters. The molecule has 0 radical (unpaired) electrons. The van der Waals surface area contributed by atoms with Crippen LogP contribution in [0.3, 0.4) is 0 Å². The fourth-order valence-electron chi connectivity index (χ4n) is 1.69. The predicted octanol–water partition coefficient (Wildman–Crippen LogP) is 3.37. The van der Waals surface area contributed by atoms with Crippen LogP contribution in [0.4, 0.5) is 5.69 Å². The summed E-state index contributed by atoms with van der Waals surface area (Å²) < 4.78 is 0. The fraction of sp³-hybridized carbons (Fsp3) is 0.118. The van der Waals surface area contributed by atoms with Crippen molar-refractivity contribution >= 4 is 11.9 Å². The summed E-state index contributed by atoms with van der Waals surface area (Å²) in [4.78, 5) is 14.4. The zero-order chi connectivity index (χ0) is 15.1. The Morgan fingerprint density at radius 1 is 1.24 bits per heavy atom. The van der Waals surface area contributed by atoms with Crippen LogP contribution in [-0.2, 0) is 0 Å². The molecule has 2 aromatic carbocycles. The lowest BCUT2D eigenvalue weighted by Gasteiger charge is -1.93. The van der Waals surface area contributed by atoms with Crippen LogP contribution in [0, 0.1) is 28.9 Å². The molecule has 0 heterocycles. The summed E-state index contributed by atoms with van der Waals surface area (Å²) in [5, 5.41) is 10.6. The second-order valence-corrected chi connectivity index (χ2v) is 4.49. The van der Waals surface area contributed by atoms with Crippen LogP contribution < -0.4 is 0 Å². The van der Waals surface area contributed by atoms with Crippen LogP contribution in [0.2, 0.25) is 0 Å². The summed E-state index contributed by atoms with van der Waals surface area (Å²) in [6, 6.07) is 14.3. The summed E-state index contributed by atoms with van der Waals surface area (Å²) in [5.41, 5.74) is 2.90. The molecule has 0 spiro atoms. The highest BCUT2D eigenvalue weighted by Gasteiger charge is 2.03. The first-order valence-corrected chi connectivity index (χ1v) is 6.45. The molecule has 21 heavy (non-hydrogen) atoms. The molecule has 0 aliphatic carbocycles. The average molecular weight is 278 g/mol. The lowest BCUT2D eigenvalue weighted by atomic mass is 10.2. The van der Waals surface area contributed by atoms with Crippen LogP contribution in [0.15, 0.2) is 53.5 Å². The van der Waals surface area contributed by atoms with E-state index >= 15 is 0 Å². The molecule has 4 nitrogen and oxygen atoms in total. The van der Waals surface area contributed by atoms with Gasteiger partial charge in [-0.05, 0) is 24.6 Å². The number of nitro benzene ring substituents is 1. The van der Waals surface area contributed by atoms with Crippen molar-refractivity contribution in [2.75, 3.05) is 6.54 Å². The lowest BCUT2D eigenvalue weighted by molar-refractivity contribution is -0.384. The van der Waals surface area contributed by atoms with Gasteiger partial charge in [0, 0.05) is 23.9 Å². The summed E-state index contributed by atoms with van der Waals surface area (Å²) in [6.45, 7) is 2.39. The molecule has 0 bridgehead atoms. The van der Waals surface area contributed by atoms with E-state index in [1.165, 1.54) is 17.7 Å². The number of benzene rings is 2. The molecule has 104 valence electrons. The summed E-state index contributed by atoms with van der Waals surface area (Å²) >= 11 is 0. The van der Waals surface area contributed by atoms with E-state index in [0.717, 1.165) is 5.56 Å². The molecule has 0 saturated heterocycles. The average Bonchev–Trinajstić information content (AvgIpc) is 2.49. The topological polar surface area (TPSA) is 55.5 Å². The molecular weight excluding hydrogens is 264 g/mol. The minimum absolute atomic E-state index is 0.0599. The molecule has 4 heteroatoms. The molecule has 0 fully saturated rings. The molecule has 0 N–H and O–H groups in total. The Balaban J connectivity index is 1.96. The maximum absolute atomic E-state index is 10.6. The first kappa shape index (κ1) is 14.5. The van der Waals surface area contributed by atoms with Gasteiger partial charge in [-0.25, -0.2) is 0 Å². The van der Waals surface area contributed by atoms with Gasteiger partial charge in [0.15, 0.2) is 0 Å². The third-order valence-electron chi connectivity index (χ3n) is 2.78. The highest BCUT2D eigenvalue weighted by Crippen LogP contribution is 2.11. The lowest BCUT2D eigenvalue weighted by Crippen LogP contribution is -1.89. The van der Waals surface area contributed by atoms with Crippen molar-refractivity contribution in [1.82, 2.24) is 0 Å². The van der Waals surface area contributed by atoms with Crippen molar-refractivity contribution in [2.24, 2.45) is 4.99 Å². The summed E-state index contributed by atoms with van der Waals surface area (Å²) in [6.07, 6.45) is 1.59. The van der Waals surface area contributed by atoms with E-state index in [1.54, 1.807) is 18.3 Å². The van der Waals surface area contributed by atoms with E-state index in [2.05, 4.69) is 16.8 Å². The highest BCUT2D eigenvalue weighted by atomic mass is 16.6. The maximum Gasteiger partial charge on any atom is 0.270 e.